The summed E-state index contributed by atoms with van der Waals surface area (Å²) in [5.41, 5.74) is 3.50. The second kappa shape index (κ2) is 8.72. The molecule has 0 spiro atoms. The Morgan fingerprint density at radius 1 is 1.10 bits per heavy atom. The summed E-state index contributed by atoms with van der Waals surface area (Å²) < 4.78 is 0. The van der Waals surface area contributed by atoms with Gasteiger partial charge in [0, 0.05) is 17.3 Å². The van der Waals surface area contributed by atoms with Gasteiger partial charge in [-0.15, -0.1) is 0 Å². The van der Waals surface area contributed by atoms with E-state index in [1.165, 1.54) is 12.5 Å². The van der Waals surface area contributed by atoms with Crippen LogP contribution in [-0.2, 0) is 4.79 Å². The zero-order valence-electron chi connectivity index (χ0n) is 16.4. The van der Waals surface area contributed by atoms with Crippen LogP contribution in [0.5, 0.6) is 0 Å². The summed E-state index contributed by atoms with van der Waals surface area (Å²) in [4.78, 5) is 27.5. The highest BCUT2D eigenvalue weighted by atomic mass is 32.1. The van der Waals surface area contributed by atoms with E-state index in [-0.39, 0.29) is 23.8 Å². The van der Waals surface area contributed by atoms with Gasteiger partial charge >= 0.3 is 0 Å². The maximum absolute atomic E-state index is 13.5. The molecule has 2 atom stereocenters. The number of thiophene rings is 1. The predicted octanol–water partition coefficient (Wildman–Crippen LogP) is 5.47. The van der Waals surface area contributed by atoms with Crippen LogP contribution >= 0.6 is 11.3 Å². The van der Waals surface area contributed by atoms with Gasteiger partial charge in [-0.3, -0.25) is 14.5 Å². The largest absolute Gasteiger partial charge is 0.324 e. The highest BCUT2D eigenvalue weighted by molar-refractivity contribution is 7.08. The van der Waals surface area contributed by atoms with E-state index < -0.39 is 0 Å². The van der Waals surface area contributed by atoms with Gasteiger partial charge in [-0.1, -0.05) is 42.5 Å². The van der Waals surface area contributed by atoms with E-state index in [9.17, 15) is 9.59 Å². The number of carbonyl (C=O) groups is 2. The molecule has 5 heteroatoms. The van der Waals surface area contributed by atoms with Crippen molar-refractivity contribution < 1.29 is 9.59 Å². The highest BCUT2D eigenvalue weighted by Crippen LogP contribution is 2.39. The molecule has 1 N–H and O–H groups in total. The third-order valence-corrected chi connectivity index (χ3v) is 6.16. The van der Waals surface area contributed by atoms with Gasteiger partial charge in [-0.05, 0) is 66.4 Å². The summed E-state index contributed by atoms with van der Waals surface area (Å²) in [6, 6.07) is 19.1. The van der Waals surface area contributed by atoms with Crippen molar-refractivity contribution in [3.8, 4) is 0 Å². The van der Waals surface area contributed by atoms with Crippen LogP contribution in [-0.4, -0.2) is 23.1 Å². The fourth-order valence-corrected chi connectivity index (χ4v) is 4.78. The van der Waals surface area contributed by atoms with Gasteiger partial charge in [0.2, 0.25) is 5.91 Å². The van der Waals surface area contributed by atoms with E-state index >= 15 is 0 Å². The summed E-state index contributed by atoms with van der Waals surface area (Å²) in [6.07, 6.45) is 2.12. The summed E-state index contributed by atoms with van der Waals surface area (Å²) >= 11 is 1.69. The van der Waals surface area contributed by atoms with E-state index in [0.29, 0.717) is 11.3 Å². The minimum Gasteiger partial charge on any atom is -0.324 e. The lowest BCUT2D eigenvalue weighted by molar-refractivity contribution is -0.122. The lowest BCUT2D eigenvalue weighted by Gasteiger charge is -2.32. The van der Waals surface area contributed by atoms with Gasteiger partial charge < -0.3 is 5.32 Å². The fraction of sp³-hybridized carbons (Fsp3) is 0.250. The number of carbonyl (C=O) groups excluding carboxylic acids is 2. The fourth-order valence-electron chi connectivity index (χ4n) is 4.08. The van der Waals surface area contributed by atoms with Crippen molar-refractivity contribution in [2.24, 2.45) is 0 Å². The molecule has 2 unspecified atom stereocenters. The first-order valence-corrected chi connectivity index (χ1v) is 10.8. The molecule has 4 nitrogen and oxygen atoms in total. The number of Topliss-reactive ketones (excluding diaryl/α,β-unsaturated/α-hetero) is 1. The SMILES string of the molecule is CC(=O)c1cccc(NC(=O)C(c2ccccc2)N2CCCC2c2ccsc2)c1. The Balaban J connectivity index is 1.65. The molecule has 0 saturated carbocycles. The molecule has 1 fully saturated rings. The minimum atomic E-state index is -0.385. The molecule has 0 radical (unpaired) electrons. The average Bonchev–Trinajstić information content (AvgIpc) is 3.41. The number of likely N-dealkylation sites (tertiary alicyclic amines) is 1. The van der Waals surface area contributed by atoms with Crippen LogP contribution in [0.3, 0.4) is 0 Å². The number of amides is 1. The Morgan fingerprint density at radius 2 is 1.93 bits per heavy atom. The van der Waals surface area contributed by atoms with E-state index in [1.54, 1.807) is 29.5 Å². The van der Waals surface area contributed by atoms with Crippen LogP contribution in [0, 0.1) is 0 Å². The van der Waals surface area contributed by atoms with E-state index in [4.69, 9.17) is 0 Å². The Morgan fingerprint density at radius 3 is 2.66 bits per heavy atom. The van der Waals surface area contributed by atoms with Crippen LogP contribution in [0.4, 0.5) is 5.69 Å². The van der Waals surface area contributed by atoms with Gasteiger partial charge in [0.25, 0.3) is 0 Å². The van der Waals surface area contributed by atoms with Crippen molar-refractivity contribution >= 4 is 28.7 Å². The predicted molar refractivity (Wildman–Crippen MR) is 117 cm³/mol. The number of nitrogens with one attached hydrogen (secondary N) is 1. The zero-order valence-corrected chi connectivity index (χ0v) is 17.2. The standard InChI is InChI=1S/C24H24N2O2S/c1-17(27)19-9-5-10-21(15-19)25-24(28)23(18-7-3-2-4-8-18)26-13-6-11-22(26)20-12-14-29-16-20/h2-5,7-10,12,14-16,22-23H,6,11,13H2,1H3,(H,25,28). The van der Waals surface area contributed by atoms with Gasteiger partial charge in [-0.2, -0.15) is 11.3 Å². The molecule has 2 aromatic carbocycles. The molecule has 0 aliphatic carbocycles. The molecule has 1 aliphatic heterocycles. The summed E-state index contributed by atoms with van der Waals surface area (Å²) in [6.45, 7) is 2.41. The summed E-state index contributed by atoms with van der Waals surface area (Å²) in [5.74, 6) is -0.0863. The maximum Gasteiger partial charge on any atom is 0.246 e. The van der Waals surface area contributed by atoms with Crippen molar-refractivity contribution in [2.75, 3.05) is 11.9 Å². The Kier molecular flexibility index (Phi) is 5.88. The van der Waals surface area contributed by atoms with Gasteiger partial charge in [0.1, 0.15) is 6.04 Å². The van der Waals surface area contributed by atoms with Gasteiger partial charge in [0.15, 0.2) is 5.78 Å². The molecule has 3 aromatic rings. The quantitative estimate of drug-likeness (QED) is 0.555. The van der Waals surface area contributed by atoms with Crippen LogP contribution in [0.1, 0.15) is 53.3 Å². The second-order valence-electron chi connectivity index (χ2n) is 7.39. The number of hydrogen-bond donors (Lipinski definition) is 1. The first-order valence-electron chi connectivity index (χ1n) is 9.88. The lowest BCUT2D eigenvalue weighted by atomic mass is 10.0. The van der Waals surface area contributed by atoms with Crippen molar-refractivity contribution in [3.63, 3.8) is 0 Å². The first-order chi connectivity index (χ1) is 14.1. The van der Waals surface area contributed by atoms with Crippen LogP contribution in [0.25, 0.3) is 0 Å². The number of benzene rings is 2. The number of anilines is 1. The van der Waals surface area contributed by atoms with Crippen molar-refractivity contribution in [3.05, 3.63) is 88.1 Å². The molecule has 1 saturated heterocycles. The topological polar surface area (TPSA) is 49.4 Å². The molecule has 29 heavy (non-hydrogen) atoms. The summed E-state index contributed by atoms with van der Waals surface area (Å²) in [7, 11) is 0. The molecule has 1 aliphatic rings. The number of rotatable bonds is 6. The monoisotopic (exact) mass is 404 g/mol. The first kappa shape index (κ1) is 19.6. The second-order valence-corrected chi connectivity index (χ2v) is 8.17. The Hall–Kier alpha value is -2.76. The highest BCUT2D eigenvalue weighted by Gasteiger charge is 2.36. The zero-order chi connectivity index (χ0) is 20.2. The molecule has 1 amide bonds. The van der Waals surface area contributed by atoms with Crippen LogP contribution < -0.4 is 5.32 Å². The van der Waals surface area contributed by atoms with Crippen molar-refractivity contribution in [1.82, 2.24) is 4.90 Å². The third-order valence-electron chi connectivity index (χ3n) is 5.45. The molecule has 2 heterocycles. The van der Waals surface area contributed by atoms with Crippen molar-refractivity contribution in [2.45, 2.75) is 31.8 Å². The van der Waals surface area contributed by atoms with Gasteiger partial charge in [-0.25, -0.2) is 0 Å². The normalized spacial score (nSPS) is 17.8. The molecule has 148 valence electrons. The van der Waals surface area contributed by atoms with Crippen molar-refractivity contribution in [1.29, 1.82) is 0 Å². The summed E-state index contributed by atoms with van der Waals surface area (Å²) in [5, 5.41) is 7.32. The molecular weight excluding hydrogens is 380 g/mol. The third kappa shape index (κ3) is 4.31. The van der Waals surface area contributed by atoms with E-state index in [0.717, 1.165) is 24.9 Å². The molecule has 0 bridgehead atoms. The number of ketones is 1. The molecular formula is C24H24N2O2S. The Bertz CT molecular complexity index is 985. The van der Waals surface area contributed by atoms with Crippen LogP contribution in [0.15, 0.2) is 71.4 Å². The maximum atomic E-state index is 13.5. The smallest absolute Gasteiger partial charge is 0.246 e. The van der Waals surface area contributed by atoms with Crippen LogP contribution in [0.2, 0.25) is 0 Å². The molecule has 1 aromatic heterocycles. The van der Waals surface area contributed by atoms with Gasteiger partial charge in [0.05, 0.1) is 0 Å². The number of hydrogen-bond acceptors (Lipinski definition) is 4. The average molecular weight is 405 g/mol. The minimum absolute atomic E-state index is 0.0160. The molecule has 4 rings (SSSR count). The Labute approximate surface area is 175 Å². The number of nitrogens with zero attached hydrogens (tertiary/aromatic N) is 1. The lowest BCUT2D eigenvalue weighted by Crippen LogP contribution is -2.37. The van der Waals surface area contributed by atoms with E-state index in [1.807, 2.05) is 36.4 Å². The van der Waals surface area contributed by atoms with E-state index in [2.05, 4.69) is 27.0 Å².